The van der Waals surface area contributed by atoms with Crippen LogP contribution in [0.4, 0.5) is 11.4 Å². The highest BCUT2D eigenvalue weighted by atomic mass is 32.2. The zero-order valence-corrected chi connectivity index (χ0v) is 19.4. The Hall–Kier alpha value is -3.31. The molecule has 2 aromatic carbocycles. The first kappa shape index (κ1) is 22.5. The number of nitrogens with zero attached hydrogens (tertiary/aromatic N) is 1. The summed E-state index contributed by atoms with van der Waals surface area (Å²) >= 11 is 0. The lowest BCUT2D eigenvalue weighted by molar-refractivity contribution is -0.123. The van der Waals surface area contributed by atoms with Gasteiger partial charge in [-0.1, -0.05) is 6.92 Å². The Morgan fingerprint density at radius 2 is 1.82 bits per heavy atom. The largest absolute Gasteiger partial charge is 0.478 e. The van der Waals surface area contributed by atoms with Crippen LogP contribution in [0.25, 0.3) is 0 Å². The average molecular weight is 488 g/mol. The lowest BCUT2D eigenvalue weighted by Crippen LogP contribution is -2.41. The Balaban J connectivity index is 1.22. The second-order valence-electron chi connectivity index (χ2n) is 8.40. The van der Waals surface area contributed by atoms with Crippen LogP contribution in [0.1, 0.15) is 26.2 Å². The zero-order chi connectivity index (χ0) is 23.9. The molecule has 2 aromatic rings. The molecule has 0 aromatic heterocycles. The molecular formula is C23H25N3O7S. The van der Waals surface area contributed by atoms with Crippen molar-refractivity contribution in [1.82, 2.24) is 4.31 Å². The first-order chi connectivity index (χ1) is 16.3. The summed E-state index contributed by atoms with van der Waals surface area (Å²) in [4.78, 5) is 24.9. The highest BCUT2D eigenvalue weighted by molar-refractivity contribution is 7.89. The van der Waals surface area contributed by atoms with Crippen LogP contribution >= 0.6 is 0 Å². The van der Waals surface area contributed by atoms with Crippen molar-refractivity contribution in [3.05, 3.63) is 36.4 Å². The van der Waals surface area contributed by atoms with Crippen molar-refractivity contribution in [2.45, 2.75) is 37.2 Å². The van der Waals surface area contributed by atoms with E-state index in [0.29, 0.717) is 47.9 Å². The normalized spacial score (nSPS) is 20.3. The molecule has 180 valence electrons. The van der Waals surface area contributed by atoms with Crippen LogP contribution in [-0.2, 0) is 19.6 Å². The topological polar surface area (TPSA) is 123 Å². The smallest absolute Gasteiger partial charge is 0.265 e. The van der Waals surface area contributed by atoms with Gasteiger partial charge in [-0.05, 0) is 49.6 Å². The molecule has 0 saturated carbocycles. The van der Waals surface area contributed by atoms with Crippen molar-refractivity contribution in [3.63, 3.8) is 0 Å². The van der Waals surface area contributed by atoms with E-state index >= 15 is 0 Å². The van der Waals surface area contributed by atoms with E-state index in [4.69, 9.17) is 14.2 Å². The van der Waals surface area contributed by atoms with Crippen LogP contribution in [0, 0.1) is 5.92 Å². The van der Waals surface area contributed by atoms with Gasteiger partial charge in [-0.3, -0.25) is 9.59 Å². The van der Waals surface area contributed by atoms with E-state index in [1.807, 2.05) is 6.92 Å². The van der Waals surface area contributed by atoms with Gasteiger partial charge in [0.2, 0.25) is 22.7 Å². The van der Waals surface area contributed by atoms with Crippen molar-refractivity contribution in [2.75, 3.05) is 30.5 Å². The third-order valence-corrected chi connectivity index (χ3v) is 8.14. The van der Waals surface area contributed by atoms with E-state index < -0.39 is 16.1 Å². The summed E-state index contributed by atoms with van der Waals surface area (Å²) in [5.41, 5.74) is 0.946. The highest BCUT2D eigenvalue weighted by Crippen LogP contribution is 2.36. The number of benzene rings is 2. The molecule has 5 rings (SSSR count). The maximum atomic E-state index is 13.2. The van der Waals surface area contributed by atoms with Gasteiger partial charge in [0, 0.05) is 30.8 Å². The molecule has 1 atom stereocenters. The second kappa shape index (κ2) is 8.80. The van der Waals surface area contributed by atoms with Crippen LogP contribution in [0.3, 0.4) is 0 Å². The number of anilines is 2. The SMILES string of the molecule is CC[C@@H]1Oc2ccc(S(=O)(=O)N3CCC(C(=O)Nc4ccc5c(c4)OCO5)CC3)cc2NC1=O. The van der Waals surface area contributed by atoms with Gasteiger partial charge in [-0.25, -0.2) is 8.42 Å². The molecule has 3 aliphatic rings. The summed E-state index contributed by atoms with van der Waals surface area (Å²) < 4.78 is 44.0. The fourth-order valence-electron chi connectivity index (χ4n) is 4.28. The summed E-state index contributed by atoms with van der Waals surface area (Å²) in [6.45, 7) is 2.44. The fraction of sp³-hybridized carbons (Fsp3) is 0.391. The van der Waals surface area contributed by atoms with Gasteiger partial charge >= 0.3 is 0 Å². The summed E-state index contributed by atoms with van der Waals surface area (Å²) in [6.07, 6.45) is 0.734. The molecule has 1 saturated heterocycles. The molecule has 34 heavy (non-hydrogen) atoms. The predicted octanol–water partition coefficient (Wildman–Crippen LogP) is 2.56. The summed E-state index contributed by atoms with van der Waals surface area (Å²) in [6, 6.07) is 9.66. The van der Waals surface area contributed by atoms with E-state index in [0.717, 1.165) is 0 Å². The lowest BCUT2D eigenvalue weighted by atomic mass is 9.97. The molecule has 0 aliphatic carbocycles. The Morgan fingerprint density at radius 1 is 1.09 bits per heavy atom. The number of ether oxygens (including phenoxy) is 3. The number of sulfonamides is 1. The Labute approximate surface area is 197 Å². The lowest BCUT2D eigenvalue weighted by Gasteiger charge is -2.31. The third kappa shape index (κ3) is 4.16. The first-order valence-electron chi connectivity index (χ1n) is 11.2. The maximum Gasteiger partial charge on any atom is 0.265 e. The standard InChI is InChI=1S/C23H25N3O7S/c1-2-18-23(28)25-17-12-16(4-6-19(17)33-18)34(29,30)26-9-7-14(8-10-26)22(27)24-15-3-5-20-21(11-15)32-13-31-20/h3-6,11-12,14,18H,2,7-10,13H2,1H3,(H,24,27)(H,25,28)/t18-/m0/s1. The van der Waals surface area contributed by atoms with Gasteiger partial charge in [0.15, 0.2) is 17.6 Å². The van der Waals surface area contributed by atoms with Crippen molar-refractivity contribution >= 4 is 33.2 Å². The molecule has 0 bridgehead atoms. The van der Waals surface area contributed by atoms with Gasteiger partial charge in [0.1, 0.15) is 5.75 Å². The summed E-state index contributed by atoms with van der Waals surface area (Å²) in [5.74, 6) is 0.905. The van der Waals surface area contributed by atoms with Crippen molar-refractivity contribution < 1.29 is 32.2 Å². The molecule has 3 heterocycles. The number of amides is 2. The number of carbonyl (C=O) groups excluding carboxylic acids is 2. The molecule has 10 nitrogen and oxygen atoms in total. The second-order valence-corrected chi connectivity index (χ2v) is 10.3. The minimum atomic E-state index is -3.78. The number of rotatable bonds is 5. The van der Waals surface area contributed by atoms with E-state index in [1.165, 1.54) is 16.4 Å². The number of nitrogens with one attached hydrogen (secondary N) is 2. The molecule has 3 aliphatic heterocycles. The Kier molecular flexibility index (Phi) is 5.82. The quantitative estimate of drug-likeness (QED) is 0.664. The predicted molar refractivity (Wildman–Crippen MR) is 122 cm³/mol. The van der Waals surface area contributed by atoms with E-state index in [1.54, 1.807) is 24.3 Å². The average Bonchev–Trinajstić information content (AvgIpc) is 3.31. The highest BCUT2D eigenvalue weighted by Gasteiger charge is 2.34. The van der Waals surface area contributed by atoms with E-state index in [2.05, 4.69) is 10.6 Å². The molecule has 1 fully saturated rings. The summed E-state index contributed by atoms with van der Waals surface area (Å²) in [7, 11) is -3.78. The van der Waals surface area contributed by atoms with E-state index in [9.17, 15) is 18.0 Å². The van der Waals surface area contributed by atoms with Crippen molar-refractivity contribution in [2.24, 2.45) is 5.92 Å². The molecule has 2 amide bonds. The number of fused-ring (bicyclic) bond motifs is 2. The Bertz CT molecular complexity index is 1240. The van der Waals surface area contributed by atoms with Crippen LogP contribution in [0.15, 0.2) is 41.3 Å². The van der Waals surface area contributed by atoms with Crippen molar-refractivity contribution in [3.8, 4) is 17.2 Å². The summed E-state index contributed by atoms with van der Waals surface area (Å²) in [5, 5.41) is 5.60. The van der Waals surface area contributed by atoms with Gasteiger partial charge in [0.25, 0.3) is 5.91 Å². The molecule has 0 spiro atoms. The molecular weight excluding hydrogens is 462 g/mol. The van der Waals surface area contributed by atoms with Gasteiger partial charge in [-0.15, -0.1) is 0 Å². The van der Waals surface area contributed by atoms with Gasteiger partial charge in [0.05, 0.1) is 10.6 Å². The maximum absolute atomic E-state index is 13.2. The third-order valence-electron chi connectivity index (χ3n) is 6.24. The minimum absolute atomic E-state index is 0.0772. The van der Waals surface area contributed by atoms with Crippen LogP contribution in [-0.4, -0.2) is 50.5 Å². The number of carbonyl (C=O) groups is 2. The van der Waals surface area contributed by atoms with Gasteiger partial charge < -0.3 is 24.8 Å². The molecule has 0 unspecified atom stereocenters. The molecule has 2 N–H and O–H groups in total. The first-order valence-corrected chi connectivity index (χ1v) is 12.6. The zero-order valence-electron chi connectivity index (χ0n) is 18.6. The fourth-order valence-corrected chi connectivity index (χ4v) is 5.78. The van der Waals surface area contributed by atoms with Crippen LogP contribution in [0.2, 0.25) is 0 Å². The number of hydrogen-bond donors (Lipinski definition) is 2. The van der Waals surface area contributed by atoms with Gasteiger partial charge in [-0.2, -0.15) is 4.31 Å². The van der Waals surface area contributed by atoms with Crippen molar-refractivity contribution in [1.29, 1.82) is 0 Å². The monoisotopic (exact) mass is 487 g/mol. The van der Waals surface area contributed by atoms with Crippen LogP contribution in [0.5, 0.6) is 17.2 Å². The molecule has 0 radical (unpaired) electrons. The van der Waals surface area contributed by atoms with E-state index in [-0.39, 0.29) is 42.5 Å². The minimum Gasteiger partial charge on any atom is -0.478 e. The van der Waals surface area contributed by atoms with Crippen LogP contribution < -0.4 is 24.8 Å². The molecule has 11 heteroatoms. The number of hydrogen-bond acceptors (Lipinski definition) is 7. The number of piperidine rings is 1. The Morgan fingerprint density at radius 3 is 2.59 bits per heavy atom.